The minimum atomic E-state index is -0.637. The molecule has 0 N–H and O–H groups in total. The Labute approximate surface area is 176 Å². The van der Waals surface area contributed by atoms with E-state index in [2.05, 4.69) is 63.4 Å². The van der Waals surface area contributed by atoms with E-state index in [-0.39, 0.29) is 0 Å². The van der Waals surface area contributed by atoms with E-state index in [1.165, 1.54) is 9.30 Å². The molecule has 138 valence electrons. The first-order valence-corrected chi connectivity index (χ1v) is 11.5. The zero-order valence-corrected chi connectivity index (χ0v) is 19.1. The molecule has 1 saturated carbocycles. The highest BCUT2D eigenvalue weighted by Gasteiger charge is 2.34. The van der Waals surface area contributed by atoms with Crippen LogP contribution in [0, 0.1) is 14.7 Å². The third-order valence-electron chi connectivity index (χ3n) is 4.23. The Morgan fingerprint density at radius 3 is 2.80 bits per heavy atom. The zero-order chi connectivity index (χ0) is 18.1. The van der Waals surface area contributed by atoms with Crippen LogP contribution in [0.3, 0.4) is 0 Å². The molecule has 1 aliphatic carbocycles. The molecule has 0 amide bonds. The molecular formula is C19H24BrIO3S. The average Bonchev–Trinajstić information content (AvgIpc) is 2.90. The molecule has 1 aromatic heterocycles. The fourth-order valence-electron chi connectivity index (χ4n) is 2.84. The Morgan fingerprint density at radius 2 is 2.16 bits per heavy atom. The van der Waals surface area contributed by atoms with Gasteiger partial charge in [-0.05, 0) is 82.3 Å². The van der Waals surface area contributed by atoms with Crippen LogP contribution in [-0.4, -0.2) is 18.4 Å². The third kappa shape index (κ3) is 7.10. The lowest BCUT2D eigenvalue weighted by Crippen LogP contribution is -2.36. The van der Waals surface area contributed by atoms with Gasteiger partial charge in [0.2, 0.25) is 0 Å². The number of carbonyl (C=O) groups is 1. The molecule has 1 fully saturated rings. The first-order chi connectivity index (χ1) is 12.0. The van der Waals surface area contributed by atoms with Crippen molar-refractivity contribution in [1.29, 1.82) is 0 Å². The van der Waals surface area contributed by atoms with Gasteiger partial charge in [-0.1, -0.05) is 31.6 Å². The van der Waals surface area contributed by atoms with Gasteiger partial charge < -0.3 is 9.47 Å². The van der Waals surface area contributed by atoms with Crippen LogP contribution in [-0.2, 0) is 15.9 Å². The van der Waals surface area contributed by atoms with E-state index in [1.807, 2.05) is 0 Å². The van der Waals surface area contributed by atoms with E-state index in [9.17, 15) is 4.79 Å². The van der Waals surface area contributed by atoms with Gasteiger partial charge in [-0.3, -0.25) is 0 Å². The Bertz CT molecular complexity index is 626. The number of carbonyl (C=O) groups excluding carboxylic acids is 1. The van der Waals surface area contributed by atoms with E-state index >= 15 is 0 Å². The average molecular weight is 539 g/mol. The lowest BCUT2D eigenvalue weighted by molar-refractivity contribution is -0.0219. The maximum absolute atomic E-state index is 12.2. The smallest absolute Gasteiger partial charge is 0.434 e. The van der Waals surface area contributed by atoms with Crippen LogP contribution in [0.4, 0.5) is 4.79 Å². The molecule has 0 aromatic carbocycles. The summed E-state index contributed by atoms with van der Waals surface area (Å²) in [6.45, 7) is 2.47. The Morgan fingerprint density at radius 1 is 1.40 bits per heavy atom. The number of hydrogen-bond donors (Lipinski definition) is 0. The highest BCUT2D eigenvalue weighted by atomic mass is 127. The number of hydrogen-bond acceptors (Lipinski definition) is 4. The summed E-state index contributed by atoms with van der Waals surface area (Å²) in [5.74, 6) is 6.45. The molecule has 1 aliphatic rings. The summed E-state index contributed by atoms with van der Waals surface area (Å²) in [5.41, 5.74) is 0.524. The first-order valence-electron chi connectivity index (χ1n) is 8.84. The monoisotopic (exact) mass is 538 g/mol. The van der Waals surface area contributed by atoms with Crippen molar-refractivity contribution in [1.82, 2.24) is 0 Å². The SMILES string of the molecule is CCCCC#CC1(OC(=O)OCCc2cc(I)sc2Br)CCCCC1. The van der Waals surface area contributed by atoms with Crippen molar-refractivity contribution in [3.05, 3.63) is 18.3 Å². The van der Waals surface area contributed by atoms with Crippen LogP contribution in [0.1, 0.15) is 63.9 Å². The van der Waals surface area contributed by atoms with Gasteiger partial charge in [-0.2, -0.15) is 0 Å². The molecule has 25 heavy (non-hydrogen) atoms. The van der Waals surface area contributed by atoms with Gasteiger partial charge >= 0.3 is 6.16 Å². The molecule has 0 aliphatic heterocycles. The van der Waals surface area contributed by atoms with E-state index in [0.717, 1.165) is 54.3 Å². The largest absolute Gasteiger partial charge is 0.509 e. The summed E-state index contributed by atoms with van der Waals surface area (Å²) in [4.78, 5) is 12.2. The lowest BCUT2D eigenvalue weighted by Gasteiger charge is -2.31. The van der Waals surface area contributed by atoms with Gasteiger partial charge in [0.1, 0.15) is 0 Å². The minimum absolute atomic E-state index is 0.323. The van der Waals surface area contributed by atoms with Crippen LogP contribution in [0.2, 0.25) is 0 Å². The summed E-state index contributed by atoms with van der Waals surface area (Å²) in [5, 5.41) is 0. The van der Waals surface area contributed by atoms with E-state index in [0.29, 0.717) is 13.0 Å². The quantitative estimate of drug-likeness (QED) is 0.175. The summed E-state index contributed by atoms with van der Waals surface area (Å²) in [6, 6.07) is 2.10. The van der Waals surface area contributed by atoms with Crippen molar-refractivity contribution in [2.45, 2.75) is 70.3 Å². The standard InChI is InChI=1S/C19H24BrIO3S/c1-2-3-4-6-10-19(11-7-5-8-12-19)24-18(22)23-13-9-15-14-16(21)25-17(15)20/h14H,2-5,7-9,11-13H2,1H3. The topological polar surface area (TPSA) is 35.5 Å². The zero-order valence-electron chi connectivity index (χ0n) is 14.5. The molecule has 1 aromatic rings. The molecule has 0 atom stereocenters. The molecule has 6 heteroatoms. The van der Waals surface area contributed by atoms with Gasteiger partial charge in [-0.15, -0.1) is 11.3 Å². The predicted molar refractivity (Wildman–Crippen MR) is 114 cm³/mol. The second-order valence-corrected chi connectivity index (χ2v) is 10.5. The number of unbranched alkanes of at least 4 members (excludes halogenated alkanes) is 2. The van der Waals surface area contributed by atoms with Gasteiger partial charge in [0.05, 0.1) is 13.3 Å². The normalized spacial score (nSPS) is 16.0. The molecule has 3 nitrogen and oxygen atoms in total. The number of ether oxygens (including phenoxy) is 2. The van der Waals surface area contributed by atoms with Crippen molar-refractivity contribution in [2.75, 3.05) is 6.61 Å². The Balaban J connectivity index is 1.85. The maximum Gasteiger partial charge on any atom is 0.509 e. The lowest BCUT2D eigenvalue weighted by atomic mass is 9.85. The van der Waals surface area contributed by atoms with Gasteiger partial charge in [0.15, 0.2) is 5.60 Å². The van der Waals surface area contributed by atoms with E-state index in [1.54, 1.807) is 11.3 Å². The Hall–Kier alpha value is -0.260. The second-order valence-electron chi connectivity index (χ2n) is 6.26. The van der Waals surface area contributed by atoms with E-state index < -0.39 is 11.8 Å². The summed E-state index contributed by atoms with van der Waals surface area (Å²) in [6.07, 6.45) is 8.08. The Kier molecular flexibility index (Phi) is 9.08. The predicted octanol–water partition coefficient (Wildman–Crippen LogP) is 6.71. The maximum atomic E-state index is 12.2. The number of thiophene rings is 1. The van der Waals surface area contributed by atoms with Crippen molar-refractivity contribution in [3.8, 4) is 11.8 Å². The van der Waals surface area contributed by atoms with Crippen LogP contribution in [0.15, 0.2) is 9.85 Å². The molecular weight excluding hydrogens is 515 g/mol. The summed E-state index contributed by atoms with van der Waals surface area (Å²) < 4.78 is 13.3. The van der Waals surface area contributed by atoms with Crippen molar-refractivity contribution >= 4 is 56.0 Å². The molecule has 0 saturated heterocycles. The first kappa shape index (κ1) is 21.0. The van der Waals surface area contributed by atoms with Crippen LogP contribution >= 0.6 is 49.9 Å². The van der Waals surface area contributed by atoms with Gasteiger partial charge in [-0.25, -0.2) is 4.79 Å². The molecule has 0 radical (unpaired) electrons. The number of halogens is 2. The highest BCUT2D eigenvalue weighted by Crippen LogP contribution is 2.32. The third-order valence-corrected chi connectivity index (χ3v) is 6.95. The fraction of sp³-hybridized carbons (Fsp3) is 0.632. The fourth-order valence-corrected chi connectivity index (χ4v) is 6.29. The molecule has 2 rings (SSSR count). The molecule has 0 unspecified atom stereocenters. The van der Waals surface area contributed by atoms with Crippen molar-refractivity contribution in [2.24, 2.45) is 0 Å². The summed E-state index contributed by atoms with van der Waals surface area (Å²) >= 11 is 7.51. The van der Waals surface area contributed by atoms with Gasteiger partial charge in [0, 0.05) is 12.8 Å². The van der Waals surface area contributed by atoms with Gasteiger partial charge in [0.25, 0.3) is 0 Å². The summed E-state index contributed by atoms with van der Waals surface area (Å²) in [7, 11) is 0. The van der Waals surface area contributed by atoms with Crippen molar-refractivity contribution in [3.63, 3.8) is 0 Å². The minimum Gasteiger partial charge on any atom is -0.434 e. The van der Waals surface area contributed by atoms with Crippen LogP contribution < -0.4 is 0 Å². The van der Waals surface area contributed by atoms with Crippen molar-refractivity contribution < 1.29 is 14.3 Å². The molecule has 0 bridgehead atoms. The molecule has 0 spiro atoms. The highest BCUT2D eigenvalue weighted by molar-refractivity contribution is 14.1. The second kappa shape index (κ2) is 10.8. The molecule has 1 heterocycles. The number of rotatable bonds is 6. The van der Waals surface area contributed by atoms with Crippen LogP contribution in [0.5, 0.6) is 0 Å². The van der Waals surface area contributed by atoms with Crippen LogP contribution in [0.25, 0.3) is 0 Å². The van der Waals surface area contributed by atoms with E-state index in [4.69, 9.17) is 9.47 Å².